The van der Waals surface area contributed by atoms with E-state index >= 15 is 0 Å². The van der Waals surface area contributed by atoms with Crippen LogP contribution >= 0.6 is 0 Å². The van der Waals surface area contributed by atoms with Crippen molar-refractivity contribution < 1.29 is 24.2 Å². The maximum Gasteiger partial charge on any atom is 0.329 e. The second kappa shape index (κ2) is 7.68. The molecule has 1 rings (SSSR count). The average molecular weight is 309 g/mol. The van der Waals surface area contributed by atoms with Crippen molar-refractivity contribution in [1.29, 1.82) is 0 Å². The van der Waals surface area contributed by atoms with Gasteiger partial charge in [-0.15, -0.1) is 0 Å². The zero-order chi connectivity index (χ0) is 16.8. The molecule has 0 saturated carbocycles. The van der Waals surface area contributed by atoms with Gasteiger partial charge in [-0.2, -0.15) is 0 Å². The summed E-state index contributed by atoms with van der Waals surface area (Å²) in [5, 5.41) is 11.9. The first-order chi connectivity index (χ1) is 10.4. The van der Waals surface area contributed by atoms with Crippen LogP contribution in [0.1, 0.15) is 32.3 Å². The summed E-state index contributed by atoms with van der Waals surface area (Å²) in [5.74, 6) is -0.375. The highest BCUT2D eigenvalue weighted by atomic mass is 16.5. The van der Waals surface area contributed by atoms with Crippen LogP contribution in [0.5, 0.6) is 11.5 Å². The molecule has 0 aliphatic carbocycles. The summed E-state index contributed by atoms with van der Waals surface area (Å²) in [7, 11) is 3.02. The Hall–Kier alpha value is -2.24. The quantitative estimate of drug-likeness (QED) is 0.767. The number of amides is 1. The van der Waals surface area contributed by atoms with Crippen LogP contribution in [-0.2, 0) is 16.0 Å². The summed E-state index contributed by atoms with van der Waals surface area (Å²) in [6, 6.07) is 5.22. The van der Waals surface area contributed by atoms with Gasteiger partial charge in [0.1, 0.15) is 17.0 Å². The minimum absolute atomic E-state index is 0.0141. The van der Waals surface area contributed by atoms with Crippen molar-refractivity contribution in [1.82, 2.24) is 5.32 Å². The second-order valence-corrected chi connectivity index (χ2v) is 5.25. The van der Waals surface area contributed by atoms with Crippen LogP contribution in [0.2, 0.25) is 0 Å². The first-order valence-corrected chi connectivity index (χ1v) is 7.12. The molecular weight excluding hydrogens is 286 g/mol. The smallest absolute Gasteiger partial charge is 0.329 e. The van der Waals surface area contributed by atoms with E-state index in [0.29, 0.717) is 29.9 Å². The topological polar surface area (TPSA) is 84.9 Å². The molecule has 1 unspecified atom stereocenters. The van der Waals surface area contributed by atoms with E-state index in [0.717, 1.165) is 0 Å². The molecule has 0 saturated heterocycles. The van der Waals surface area contributed by atoms with Crippen LogP contribution in [0, 0.1) is 0 Å². The second-order valence-electron chi connectivity index (χ2n) is 5.25. The number of carboxylic acids is 1. The van der Waals surface area contributed by atoms with Gasteiger partial charge in [0.05, 0.1) is 20.6 Å². The Bertz CT molecular complexity index is 521. The van der Waals surface area contributed by atoms with Crippen molar-refractivity contribution >= 4 is 11.9 Å². The number of methoxy groups -OCH3 is 2. The number of carboxylic acid groups (broad SMARTS) is 1. The SMILES string of the molecule is CCCC(C)(NC(=O)Cc1c(OC)cccc1OC)C(=O)O. The molecule has 1 aromatic carbocycles. The molecule has 0 bridgehead atoms. The van der Waals surface area contributed by atoms with E-state index < -0.39 is 11.5 Å². The van der Waals surface area contributed by atoms with E-state index in [2.05, 4.69) is 5.32 Å². The monoisotopic (exact) mass is 309 g/mol. The standard InChI is InChI=1S/C16H23NO5/c1-5-9-16(2,15(19)20)17-14(18)10-11-12(21-3)7-6-8-13(11)22-4/h6-8H,5,9-10H2,1-4H3,(H,17,18)(H,19,20). The number of hydrogen-bond acceptors (Lipinski definition) is 4. The van der Waals surface area contributed by atoms with E-state index in [1.165, 1.54) is 21.1 Å². The maximum absolute atomic E-state index is 12.3. The van der Waals surface area contributed by atoms with Gasteiger partial charge in [0.15, 0.2) is 0 Å². The van der Waals surface area contributed by atoms with Gasteiger partial charge in [-0.1, -0.05) is 19.4 Å². The summed E-state index contributed by atoms with van der Waals surface area (Å²) < 4.78 is 10.5. The molecule has 0 spiro atoms. The molecule has 2 N–H and O–H groups in total. The van der Waals surface area contributed by atoms with Crippen molar-refractivity contribution in [2.45, 2.75) is 38.6 Å². The van der Waals surface area contributed by atoms with Crippen LogP contribution in [0.15, 0.2) is 18.2 Å². The van der Waals surface area contributed by atoms with Gasteiger partial charge in [0, 0.05) is 5.56 Å². The molecule has 0 fully saturated rings. The highest BCUT2D eigenvalue weighted by molar-refractivity contribution is 5.88. The number of carbonyl (C=O) groups excluding carboxylic acids is 1. The molecule has 0 aliphatic rings. The first kappa shape index (κ1) is 17.8. The lowest BCUT2D eigenvalue weighted by Crippen LogP contribution is -2.52. The fraction of sp³-hybridized carbons (Fsp3) is 0.500. The third-order valence-electron chi connectivity index (χ3n) is 3.50. The molecule has 6 heteroatoms. The van der Waals surface area contributed by atoms with Crippen LogP contribution < -0.4 is 14.8 Å². The minimum Gasteiger partial charge on any atom is -0.496 e. The van der Waals surface area contributed by atoms with Crippen molar-refractivity contribution in [3.8, 4) is 11.5 Å². The van der Waals surface area contributed by atoms with E-state index in [4.69, 9.17) is 9.47 Å². The molecule has 0 aromatic heterocycles. The Morgan fingerprint density at radius 2 is 1.77 bits per heavy atom. The number of nitrogens with one attached hydrogen (secondary N) is 1. The predicted molar refractivity (Wildman–Crippen MR) is 82.3 cm³/mol. The summed E-state index contributed by atoms with van der Waals surface area (Å²) in [4.78, 5) is 23.6. The van der Waals surface area contributed by atoms with Crippen molar-refractivity contribution in [3.63, 3.8) is 0 Å². The Morgan fingerprint density at radius 3 is 2.18 bits per heavy atom. The van der Waals surface area contributed by atoms with Crippen LogP contribution in [0.3, 0.4) is 0 Å². The first-order valence-electron chi connectivity index (χ1n) is 7.12. The van der Waals surface area contributed by atoms with Crippen molar-refractivity contribution in [2.24, 2.45) is 0 Å². The molecular formula is C16H23NO5. The summed E-state index contributed by atoms with van der Waals surface area (Å²) in [5.41, 5.74) is -0.685. The summed E-state index contributed by atoms with van der Waals surface area (Å²) in [6.45, 7) is 3.38. The van der Waals surface area contributed by atoms with Crippen molar-refractivity contribution in [2.75, 3.05) is 14.2 Å². The van der Waals surface area contributed by atoms with Gasteiger partial charge >= 0.3 is 5.97 Å². The lowest BCUT2D eigenvalue weighted by Gasteiger charge is -2.26. The number of carbonyl (C=O) groups is 2. The predicted octanol–water partition coefficient (Wildman–Crippen LogP) is 2.01. The number of aliphatic carboxylic acids is 1. The Labute approximate surface area is 130 Å². The van der Waals surface area contributed by atoms with Gasteiger partial charge in [0.25, 0.3) is 0 Å². The van der Waals surface area contributed by atoms with Gasteiger partial charge in [-0.05, 0) is 25.5 Å². The highest BCUT2D eigenvalue weighted by Crippen LogP contribution is 2.28. The Balaban J connectivity index is 2.96. The zero-order valence-corrected chi connectivity index (χ0v) is 13.4. The molecule has 0 radical (unpaired) electrons. The lowest BCUT2D eigenvalue weighted by molar-refractivity contribution is -0.147. The highest BCUT2D eigenvalue weighted by Gasteiger charge is 2.34. The number of benzene rings is 1. The largest absolute Gasteiger partial charge is 0.496 e. The third kappa shape index (κ3) is 4.13. The fourth-order valence-electron chi connectivity index (χ4n) is 2.34. The normalized spacial score (nSPS) is 13.1. The molecule has 6 nitrogen and oxygen atoms in total. The molecule has 22 heavy (non-hydrogen) atoms. The van der Waals surface area contributed by atoms with E-state index in [-0.39, 0.29) is 12.3 Å². The molecule has 1 atom stereocenters. The lowest BCUT2D eigenvalue weighted by atomic mass is 9.95. The van der Waals surface area contributed by atoms with E-state index in [1.54, 1.807) is 18.2 Å². The molecule has 0 heterocycles. The Kier molecular flexibility index (Phi) is 6.22. The van der Waals surface area contributed by atoms with Gasteiger partial charge in [-0.3, -0.25) is 4.79 Å². The van der Waals surface area contributed by atoms with Crippen LogP contribution in [-0.4, -0.2) is 36.7 Å². The maximum atomic E-state index is 12.3. The molecule has 1 amide bonds. The third-order valence-corrected chi connectivity index (χ3v) is 3.50. The number of hydrogen-bond donors (Lipinski definition) is 2. The van der Waals surface area contributed by atoms with Crippen molar-refractivity contribution in [3.05, 3.63) is 23.8 Å². The van der Waals surface area contributed by atoms with Gasteiger partial charge < -0.3 is 19.9 Å². The number of rotatable bonds is 8. The summed E-state index contributed by atoms with van der Waals surface area (Å²) in [6.07, 6.45) is 0.998. The fourth-order valence-corrected chi connectivity index (χ4v) is 2.34. The van der Waals surface area contributed by atoms with Gasteiger partial charge in [-0.25, -0.2) is 4.79 Å². The minimum atomic E-state index is -1.28. The summed E-state index contributed by atoms with van der Waals surface area (Å²) >= 11 is 0. The average Bonchev–Trinajstić information content (AvgIpc) is 2.47. The Morgan fingerprint density at radius 1 is 1.23 bits per heavy atom. The molecule has 122 valence electrons. The van der Waals surface area contributed by atoms with E-state index in [1.807, 2.05) is 6.92 Å². The van der Waals surface area contributed by atoms with E-state index in [9.17, 15) is 14.7 Å². The van der Waals surface area contributed by atoms with Crippen LogP contribution in [0.4, 0.5) is 0 Å². The molecule has 0 aliphatic heterocycles. The number of ether oxygens (including phenoxy) is 2. The van der Waals surface area contributed by atoms with Gasteiger partial charge in [0.2, 0.25) is 5.91 Å². The van der Waals surface area contributed by atoms with Crippen LogP contribution in [0.25, 0.3) is 0 Å². The zero-order valence-electron chi connectivity index (χ0n) is 13.4. The molecule has 1 aromatic rings.